The van der Waals surface area contributed by atoms with Gasteiger partial charge in [-0.3, -0.25) is 0 Å². The lowest BCUT2D eigenvalue weighted by Gasteiger charge is -2.19. The first-order chi connectivity index (χ1) is 9.56. The molecule has 0 aromatic heterocycles. The predicted octanol–water partition coefficient (Wildman–Crippen LogP) is 4.56. The Morgan fingerprint density at radius 2 is 2.00 bits per heavy atom. The maximum atomic E-state index is 13.7. The summed E-state index contributed by atoms with van der Waals surface area (Å²) in [5.41, 5.74) is 1.68. The molecule has 0 heterocycles. The van der Waals surface area contributed by atoms with Gasteiger partial charge in [-0.1, -0.05) is 23.7 Å². The van der Waals surface area contributed by atoms with Gasteiger partial charge >= 0.3 is 0 Å². The van der Waals surface area contributed by atoms with Gasteiger partial charge in [0.15, 0.2) is 0 Å². The van der Waals surface area contributed by atoms with Crippen LogP contribution in [0.1, 0.15) is 17.2 Å². The first kappa shape index (κ1) is 15.3. The number of halogens is 3. The van der Waals surface area contributed by atoms with E-state index in [0.717, 1.165) is 11.1 Å². The Kier molecular flexibility index (Phi) is 5.02. The molecule has 0 spiro atoms. The van der Waals surface area contributed by atoms with E-state index in [1.54, 1.807) is 19.2 Å². The van der Waals surface area contributed by atoms with Crippen LogP contribution in [0.4, 0.5) is 4.39 Å². The van der Waals surface area contributed by atoms with Gasteiger partial charge in [0.1, 0.15) is 11.6 Å². The lowest BCUT2D eigenvalue weighted by Crippen LogP contribution is -2.18. The molecule has 0 aliphatic carbocycles. The van der Waals surface area contributed by atoms with Gasteiger partial charge in [0.25, 0.3) is 0 Å². The molecule has 1 N–H and O–H groups in total. The van der Waals surface area contributed by atoms with Crippen molar-refractivity contribution in [3.05, 3.63) is 62.8 Å². The van der Waals surface area contributed by atoms with Crippen molar-refractivity contribution in [3.63, 3.8) is 0 Å². The summed E-state index contributed by atoms with van der Waals surface area (Å²) < 4.78 is 19.3. The maximum Gasteiger partial charge on any atom is 0.137 e. The minimum atomic E-state index is -0.299. The highest BCUT2D eigenvalue weighted by Crippen LogP contribution is 2.32. The van der Waals surface area contributed by atoms with Gasteiger partial charge in [0.05, 0.1) is 17.6 Å². The normalized spacial score (nSPS) is 12.2. The number of hydrogen-bond donors (Lipinski definition) is 1. The van der Waals surface area contributed by atoms with Crippen molar-refractivity contribution in [3.8, 4) is 5.75 Å². The van der Waals surface area contributed by atoms with Gasteiger partial charge in [-0.05, 0) is 58.4 Å². The molecule has 0 fully saturated rings. The van der Waals surface area contributed by atoms with Crippen LogP contribution < -0.4 is 10.1 Å². The average Bonchev–Trinajstić information content (AvgIpc) is 2.45. The molecule has 2 rings (SSSR count). The zero-order valence-electron chi connectivity index (χ0n) is 11.1. The van der Waals surface area contributed by atoms with Crippen LogP contribution in [0.5, 0.6) is 5.75 Å². The topological polar surface area (TPSA) is 21.3 Å². The van der Waals surface area contributed by atoms with E-state index < -0.39 is 0 Å². The number of rotatable bonds is 4. The Bertz CT molecular complexity index is 621. The highest BCUT2D eigenvalue weighted by atomic mass is 79.9. The van der Waals surface area contributed by atoms with Crippen molar-refractivity contribution < 1.29 is 9.13 Å². The Morgan fingerprint density at radius 3 is 2.55 bits per heavy atom. The van der Waals surface area contributed by atoms with Crippen LogP contribution in [-0.2, 0) is 0 Å². The molecule has 1 atom stereocenters. The quantitative estimate of drug-likeness (QED) is 0.865. The minimum Gasteiger partial charge on any atom is -0.497 e. The van der Waals surface area contributed by atoms with E-state index in [1.165, 1.54) is 6.07 Å². The average molecular weight is 359 g/mol. The van der Waals surface area contributed by atoms with E-state index in [1.807, 2.05) is 25.2 Å². The molecule has 1 unspecified atom stereocenters. The Balaban J connectivity index is 2.43. The molecule has 0 saturated heterocycles. The van der Waals surface area contributed by atoms with E-state index in [0.29, 0.717) is 15.2 Å². The molecular weight excluding hydrogens is 345 g/mol. The van der Waals surface area contributed by atoms with Crippen LogP contribution >= 0.6 is 27.5 Å². The largest absolute Gasteiger partial charge is 0.497 e. The molecule has 0 saturated carbocycles. The summed E-state index contributed by atoms with van der Waals surface area (Å²) in [6.45, 7) is 0. The van der Waals surface area contributed by atoms with Crippen LogP contribution in [-0.4, -0.2) is 14.2 Å². The zero-order valence-corrected chi connectivity index (χ0v) is 13.4. The third kappa shape index (κ3) is 3.14. The summed E-state index contributed by atoms with van der Waals surface area (Å²) >= 11 is 9.43. The van der Waals surface area contributed by atoms with E-state index in [4.69, 9.17) is 16.3 Å². The fourth-order valence-corrected chi connectivity index (χ4v) is 2.59. The van der Waals surface area contributed by atoms with Crippen LogP contribution in [0.3, 0.4) is 0 Å². The third-order valence-electron chi connectivity index (χ3n) is 3.08. The molecule has 2 nitrogen and oxygen atoms in total. The van der Waals surface area contributed by atoms with Gasteiger partial charge in [-0.15, -0.1) is 0 Å². The molecule has 20 heavy (non-hydrogen) atoms. The molecule has 0 bridgehead atoms. The number of benzene rings is 2. The van der Waals surface area contributed by atoms with Crippen LogP contribution in [0.25, 0.3) is 0 Å². The van der Waals surface area contributed by atoms with E-state index >= 15 is 0 Å². The first-order valence-corrected chi connectivity index (χ1v) is 7.19. The summed E-state index contributed by atoms with van der Waals surface area (Å²) in [6.07, 6.45) is 0. The van der Waals surface area contributed by atoms with Crippen LogP contribution in [0.15, 0.2) is 40.9 Å². The Labute approximate surface area is 131 Å². The highest BCUT2D eigenvalue weighted by Gasteiger charge is 2.17. The molecule has 0 aliphatic heterocycles. The second-order valence-electron chi connectivity index (χ2n) is 4.28. The van der Waals surface area contributed by atoms with Crippen molar-refractivity contribution in [2.24, 2.45) is 0 Å². The Morgan fingerprint density at radius 1 is 1.25 bits per heavy atom. The molecule has 0 aliphatic rings. The number of methoxy groups -OCH3 is 1. The van der Waals surface area contributed by atoms with Gasteiger partial charge in [0.2, 0.25) is 0 Å². The van der Waals surface area contributed by atoms with Crippen LogP contribution in [0.2, 0.25) is 5.02 Å². The number of hydrogen-bond acceptors (Lipinski definition) is 2. The third-order valence-corrected chi connectivity index (χ3v) is 4.05. The van der Waals surface area contributed by atoms with Gasteiger partial charge in [0, 0.05) is 5.02 Å². The van der Waals surface area contributed by atoms with E-state index in [9.17, 15) is 4.39 Å². The number of ether oxygens (including phenoxy) is 1. The molecule has 106 valence electrons. The fraction of sp³-hybridized carbons (Fsp3) is 0.200. The fourth-order valence-electron chi connectivity index (χ4n) is 2.06. The maximum absolute atomic E-state index is 13.7. The van der Waals surface area contributed by atoms with Crippen molar-refractivity contribution in [2.75, 3.05) is 14.2 Å². The molecular formula is C15H14BrClFNO. The molecule has 2 aromatic carbocycles. The highest BCUT2D eigenvalue weighted by molar-refractivity contribution is 9.10. The van der Waals surface area contributed by atoms with Crippen molar-refractivity contribution in [1.29, 1.82) is 0 Å². The molecule has 2 aromatic rings. The van der Waals surface area contributed by atoms with E-state index in [2.05, 4.69) is 21.2 Å². The van der Waals surface area contributed by atoms with Crippen LogP contribution in [0, 0.1) is 5.82 Å². The standard InChI is InChI=1S/C15H14BrClFNO/c1-19-15(9-3-6-12(16)14(18)7-9)11-5-4-10(20-2)8-13(11)17/h3-8,15,19H,1-2H3. The number of nitrogens with one attached hydrogen (secondary N) is 1. The smallest absolute Gasteiger partial charge is 0.137 e. The summed E-state index contributed by atoms with van der Waals surface area (Å²) in [5.74, 6) is 0.392. The lowest BCUT2D eigenvalue weighted by atomic mass is 9.98. The predicted molar refractivity (Wildman–Crippen MR) is 83.0 cm³/mol. The second kappa shape index (κ2) is 6.57. The first-order valence-electron chi connectivity index (χ1n) is 6.02. The zero-order chi connectivity index (χ0) is 14.7. The summed E-state index contributed by atoms with van der Waals surface area (Å²) in [6, 6.07) is 10.3. The summed E-state index contributed by atoms with van der Waals surface area (Å²) in [4.78, 5) is 0. The lowest BCUT2D eigenvalue weighted by molar-refractivity contribution is 0.414. The van der Waals surface area contributed by atoms with Crippen molar-refractivity contribution in [1.82, 2.24) is 5.32 Å². The molecule has 0 amide bonds. The summed E-state index contributed by atoms with van der Waals surface area (Å²) in [5, 5.41) is 3.73. The summed E-state index contributed by atoms with van der Waals surface area (Å²) in [7, 11) is 3.40. The van der Waals surface area contributed by atoms with Gasteiger partial charge < -0.3 is 10.1 Å². The SMILES string of the molecule is CNC(c1ccc(Br)c(F)c1)c1ccc(OC)cc1Cl. The van der Waals surface area contributed by atoms with E-state index in [-0.39, 0.29) is 11.9 Å². The van der Waals surface area contributed by atoms with Crippen molar-refractivity contribution in [2.45, 2.75) is 6.04 Å². The van der Waals surface area contributed by atoms with Gasteiger partial charge in [-0.2, -0.15) is 0 Å². The van der Waals surface area contributed by atoms with Gasteiger partial charge in [-0.25, -0.2) is 4.39 Å². The molecule has 5 heteroatoms. The minimum absolute atomic E-state index is 0.184. The molecule has 0 radical (unpaired) electrons. The monoisotopic (exact) mass is 357 g/mol. The van der Waals surface area contributed by atoms with Crippen molar-refractivity contribution >= 4 is 27.5 Å². The second-order valence-corrected chi connectivity index (χ2v) is 5.54. The Hall–Kier alpha value is -1.10.